The lowest BCUT2D eigenvalue weighted by atomic mass is 10.4. The number of hydrogen-bond acceptors (Lipinski definition) is 2. The third-order valence-electron chi connectivity index (χ3n) is 0.793. The molecule has 0 radical (unpaired) electrons. The van der Waals surface area contributed by atoms with Crippen molar-refractivity contribution >= 4 is 12.3 Å². The summed E-state index contributed by atoms with van der Waals surface area (Å²) in [4.78, 5) is 13.6. The van der Waals surface area contributed by atoms with Crippen molar-refractivity contribution in [2.45, 2.75) is 13.0 Å². The molecule has 38 valence electrons. The predicted octanol–water partition coefficient (Wildman–Crippen LogP) is -0.0400. The van der Waals surface area contributed by atoms with Crippen molar-refractivity contribution < 1.29 is 9.53 Å². The van der Waals surface area contributed by atoms with Gasteiger partial charge >= 0.3 is 0 Å². The lowest BCUT2D eigenvalue weighted by molar-refractivity contribution is -0.121. The van der Waals surface area contributed by atoms with Crippen LogP contribution in [0, 0.1) is 0 Å². The summed E-state index contributed by atoms with van der Waals surface area (Å²) in [5, 5.41) is 0. The number of rotatable bonds is 0. The van der Waals surface area contributed by atoms with Crippen LogP contribution in [0.3, 0.4) is 0 Å². The van der Waals surface area contributed by atoms with Gasteiger partial charge in [-0.25, -0.2) is 0 Å². The first-order chi connectivity index (χ1) is 3.30. The fourth-order valence-electron chi connectivity index (χ4n) is 0.337. The monoisotopic (exact) mass is 99.0 g/mol. The second-order valence-electron chi connectivity index (χ2n) is 1.35. The molecule has 0 unspecified atom stereocenters. The first-order valence-corrected chi connectivity index (χ1v) is 2.02. The van der Waals surface area contributed by atoms with Crippen LogP contribution < -0.4 is 0 Å². The van der Waals surface area contributed by atoms with Gasteiger partial charge in [0.15, 0.2) is 12.5 Å². The molecular formula is C4H5NO2. The van der Waals surface area contributed by atoms with Gasteiger partial charge < -0.3 is 4.74 Å². The van der Waals surface area contributed by atoms with Crippen LogP contribution in [-0.2, 0) is 9.53 Å². The molecular weight excluding hydrogens is 94.0 g/mol. The van der Waals surface area contributed by atoms with Gasteiger partial charge in [0.05, 0.1) is 0 Å². The lowest BCUT2D eigenvalue weighted by Gasteiger charge is -1.93. The van der Waals surface area contributed by atoms with E-state index >= 15 is 0 Å². The molecule has 0 N–H and O–H groups in total. The molecule has 1 atom stereocenters. The second-order valence-corrected chi connectivity index (χ2v) is 1.35. The van der Waals surface area contributed by atoms with E-state index in [0.717, 1.165) is 0 Å². The summed E-state index contributed by atoms with van der Waals surface area (Å²) in [5.41, 5.74) is 0. The van der Waals surface area contributed by atoms with E-state index in [2.05, 4.69) is 9.73 Å². The number of aliphatic imine (C=N–C) groups is 1. The summed E-state index contributed by atoms with van der Waals surface area (Å²) in [6.45, 7) is 1.66. The minimum atomic E-state index is -0.347. The Hall–Kier alpha value is -0.860. The van der Waals surface area contributed by atoms with Crippen molar-refractivity contribution in [3.8, 4) is 0 Å². The Balaban J connectivity index is 2.62. The average molecular weight is 99.1 g/mol. The van der Waals surface area contributed by atoms with Gasteiger partial charge in [-0.15, -0.1) is 0 Å². The van der Waals surface area contributed by atoms with Crippen molar-refractivity contribution in [1.82, 2.24) is 0 Å². The molecule has 0 spiro atoms. The van der Waals surface area contributed by atoms with Crippen LogP contribution in [0.1, 0.15) is 6.92 Å². The molecule has 0 saturated carbocycles. The summed E-state index contributed by atoms with van der Waals surface area (Å²) in [6.07, 6.45) is 0.826. The van der Waals surface area contributed by atoms with E-state index in [4.69, 9.17) is 0 Å². The Morgan fingerprint density at radius 2 is 2.71 bits per heavy atom. The standard InChI is InChI=1S/C4H5NO2/c1-3-4(6)5-2-7-3/h2-3H,1H3/t3-/m1/s1. The van der Waals surface area contributed by atoms with Crippen LogP contribution in [0.2, 0.25) is 0 Å². The van der Waals surface area contributed by atoms with Crippen molar-refractivity contribution in [3.05, 3.63) is 0 Å². The number of nitrogens with zero attached hydrogens (tertiary/aromatic N) is 1. The van der Waals surface area contributed by atoms with Crippen LogP contribution in [0.25, 0.3) is 0 Å². The van der Waals surface area contributed by atoms with E-state index < -0.39 is 0 Å². The van der Waals surface area contributed by atoms with Gasteiger partial charge in [-0.2, -0.15) is 4.99 Å². The fourth-order valence-corrected chi connectivity index (χ4v) is 0.337. The van der Waals surface area contributed by atoms with Crippen molar-refractivity contribution in [2.24, 2.45) is 4.99 Å². The quantitative estimate of drug-likeness (QED) is 0.427. The van der Waals surface area contributed by atoms with Crippen LogP contribution in [0.15, 0.2) is 4.99 Å². The number of carbonyl (C=O) groups excluding carboxylic acids is 1. The highest BCUT2D eigenvalue weighted by Gasteiger charge is 2.15. The van der Waals surface area contributed by atoms with E-state index in [1.807, 2.05) is 0 Å². The van der Waals surface area contributed by atoms with Gasteiger partial charge in [0, 0.05) is 0 Å². The van der Waals surface area contributed by atoms with Gasteiger partial charge in [-0.1, -0.05) is 0 Å². The largest absolute Gasteiger partial charge is 0.470 e. The molecule has 0 aromatic rings. The molecule has 0 aromatic carbocycles. The van der Waals surface area contributed by atoms with Crippen molar-refractivity contribution in [3.63, 3.8) is 0 Å². The second kappa shape index (κ2) is 1.33. The molecule has 3 heteroatoms. The molecule has 1 aliphatic heterocycles. The van der Waals surface area contributed by atoms with Crippen molar-refractivity contribution in [2.75, 3.05) is 0 Å². The smallest absolute Gasteiger partial charge is 0.289 e. The molecule has 0 aromatic heterocycles. The van der Waals surface area contributed by atoms with E-state index in [1.165, 1.54) is 6.40 Å². The maximum atomic E-state index is 10.3. The summed E-state index contributed by atoms with van der Waals surface area (Å²) >= 11 is 0. The van der Waals surface area contributed by atoms with Gasteiger partial charge in [0.1, 0.15) is 0 Å². The molecule has 1 aliphatic rings. The van der Waals surface area contributed by atoms with Gasteiger partial charge in [0.2, 0.25) is 0 Å². The van der Waals surface area contributed by atoms with Crippen LogP contribution in [0.4, 0.5) is 0 Å². The zero-order valence-corrected chi connectivity index (χ0v) is 3.92. The average Bonchev–Trinajstić information content (AvgIpc) is 1.91. The van der Waals surface area contributed by atoms with E-state index in [9.17, 15) is 4.79 Å². The Morgan fingerprint density at radius 3 is 2.86 bits per heavy atom. The molecule has 0 fully saturated rings. The van der Waals surface area contributed by atoms with Gasteiger partial charge in [-0.05, 0) is 6.92 Å². The highest BCUT2D eigenvalue weighted by atomic mass is 16.5. The molecule has 0 saturated heterocycles. The molecule has 1 heterocycles. The van der Waals surface area contributed by atoms with Gasteiger partial charge in [0.25, 0.3) is 5.91 Å². The van der Waals surface area contributed by atoms with Crippen LogP contribution >= 0.6 is 0 Å². The van der Waals surface area contributed by atoms with Crippen LogP contribution in [0.5, 0.6) is 0 Å². The van der Waals surface area contributed by atoms with Crippen LogP contribution in [-0.4, -0.2) is 18.4 Å². The third-order valence-corrected chi connectivity index (χ3v) is 0.793. The molecule has 1 rings (SSSR count). The maximum Gasteiger partial charge on any atom is 0.289 e. The molecule has 7 heavy (non-hydrogen) atoms. The first-order valence-electron chi connectivity index (χ1n) is 2.02. The molecule has 0 bridgehead atoms. The number of hydrogen-bond donors (Lipinski definition) is 0. The maximum absolute atomic E-state index is 10.3. The molecule has 1 amide bonds. The Kier molecular flexibility index (Phi) is 0.817. The number of amides is 1. The highest BCUT2D eigenvalue weighted by molar-refractivity contribution is 5.91. The Labute approximate surface area is 41.0 Å². The summed E-state index contributed by atoms with van der Waals surface area (Å²) in [7, 11) is 0. The van der Waals surface area contributed by atoms with Gasteiger partial charge in [-0.3, -0.25) is 4.79 Å². The Bertz CT molecular complexity index is 119. The van der Waals surface area contributed by atoms with E-state index in [0.29, 0.717) is 0 Å². The highest BCUT2D eigenvalue weighted by Crippen LogP contribution is 1.97. The van der Waals surface area contributed by atoms with E-state index in [-0.39, 0.29) is 12.0 Å². The SMILES string of the molecule is C[C@H]1OC=NC1=O. The topological polar surface area (TPSA) is 38.7 Å². The normalized spacial score (nSPS) is 28.1. The fraction of sp³-hybridized carbons (Fsp3) is 0.500. The molecule has 0 aliphatic carbocycles. The third kappa shape index (κ3) is 0.607. The summed E-state index contributed by atoms with van der Waals surface area (Å²) < 4.78 is 4.62. The van der Waals surface area contributed by atoms with Crippen molar-refractivity contribution in [1.29, 1.82) is 0 Å². The first kappa shape index (κ1) is 4.30. The lowest BCUT2D eigenvalue weighted by Crippen LogP contribution is -2.09. The number of carbonyl (C=O) groups is 1. The number of ether oxygens (including phenoxy) is 1. The minimum Gasteiger partial charge on any atom is -0.470 e. The summed E-state index contributed by atoms with van der Waals surface area (Å²) in [6, 6.07) is 0. The zero-order chi connectivity index (χ0) is 5.28. The minimum absolute atomic E-state index is 0.194. The Morgan fingerprint density at radius 1 is 2.00 bits per heavy atom. The van der Waals surface area contributed by atoms with E-state index in [1.54, 1.807) is 6.92 Å². The molecule has 3 nitrogen and oxygen atoms in total. The zero-order valence-electron chi connectivity index (χ0n) is 3.92. The summed E-state index contributed by atoms with van der Waals surface area (Å²) in [5.74, 6) is -0.194. The predicted molar refractivity (Wildman–Crippen MR) is 24.0 cm³/mol.